The van der Waals surface area contributed by atoms with Crippen molar-refractivity contribution in [3.05, 3.63) is 0 Å². The van der Waals surface area contributed by atoms with Gasteiger partial charge in [0.05, 0.1) is 6.04 Å². The number of carbonyl (C=O) groups excluding carboxylic acids is 3. The minimum atomic E-state index is -1.25. The Kier molecular flexibility index (Phi) is 13.6. The van der Waals surface area contributed by atoms with Crippen LogP contribution < -0.4 is 27.8 Å². The lowest BCUT2D eigenvalue weighted by Crippen LogP contribution is -2.57. The van der Waals surface area contributed by atoms with E-state index in [1.165, 1.54) is 16.7 Å². The molecule has 4 atom stereocenters. The number of nitrogens with two attached hydrogens (primary N) is 3. The molecular weight excluding hydrogens is 494 g/mol. The first-order chi connectivity index (χ1) is 17.0. The first-order valence-corrected chi connectivity index (χ1v) is 13.0. The smallest absolute Gasteiger partial charge is 0.326 e. The Morgan fingerprint density at radius 2 is 1.72 bits per heavy atom. The molecule has 1 aliphatic heterocycles. The summed E-state index contributed by atoms with van der Waals surface area (Å²) in [6, 6.07) is -4.24. The number of nitrogens with one attached hydrogen (secondary N) is 2. The quantitative estimate of drug-likeness (QED) is 0.0654. The van der Waals surface area contributed by atoms with Gasteiger partial charge in [0.2, 0.25) is 17.7 Å². The summed E-state index contributed by atoms with van der Waals surface area (Å²) in [5.41, 5.74) is 16.4. The fourth-order valence-corrected chi connectivity index (χ4v) is 4.19. The number of thioether (sulfide) groups is 1. The normalized spacial score (nSPS) is 17.5. The Hall–Kier alpha value is -3.07. The van der Waals surface area contributed by atoms with Gasteiger partial charge in [-0.05, 0) is 50.5 Å². The lowest BCUT2D eigenvalue weighted by atomic mass is 10.1. The second kappa shape index (κ2) is 15.8. The van der Waals surface area contributed by atoms with Crippen LogP contribution in [0, 0.1) is 0 Å². The number of hydrogen-bond acceptors (Lipinski definition) is 8. The van der Waals surface area contributed by atoms with E-state index in [0.29, 0.717) is 25.0 Å². The number of carboxylic acids is 2. The highest BCUT2D eigenvalue weighted by atomic mass is 32.2. The van der Waals surface area contributed by atoms with E-state index in [9.17, 15) is 29.1 Å². The van der Waals surface area contributed by atoms with Crippen LogP contribution >= 0.6 is 11.8 Å². The topological polar surface area (TPSA) is 244 Å². The first-order valence-electron chi connectivity index (χ1n) is 11.6. The molecule has 3 amide bonds. The van der Waals surface area contributed by atoms with E-state index in [1.807, 2.05) is 6.26 Å². The van der Waals surface area contributed by atoms with E-state index in [-0.39, 0.29) is 38.3 Å². The van der Waals surface area contributed by atoms with Crippen LogP contribution in [0.4, 0.5) is 0 Å². The van der Waals surface area contributed by atoms with Gasteiger partial charge in [-0.3, -0.25) is 24.2 Å². The summed E-state index contributed by atoms with van der Waals surface area (Å²) in [6.07, 6.45) is 2.91. The summed E-state index contributed by atoms with van der Waals surface area (Å²) in [6.45, 7) is 0.522. The highest BCUT2D eigenvalue weighted by Crippen LogP contribution is 2.20. The lowest BCUT2D eigenvalue weighted by molar-refractivity contribution is -0.149. The van der Waals surface area contributed by atoms with Gasteiger partial charge in [0.15, 0.2) is 5.96 Å². The minimum absolute atomic E-state index is 0.0902. The van der Waals surface area contributed by atoms with Crippen molar-refractivity contribution < 1.29 is 34.2 Å². The maximum Gasteiger partial charge on any atom is 0.326 e. The summed E-state index contributed by atoms with van der Waals surface area (Å²) in [5.74, 6) is -3.80. The number of aliphatic imine (C=N–C) groups is 1. The Labute approximate surface area is 213 Å². The molecule has 0 radical (unpaired) electrons. The van der Waals surface area contributed by atoms with E-state index in [1.54, 1.807) is 0 Å². The number of nitrogens with zero attached hydrogens (tertiary/aromatic N) is 2. The van der Waals surface area contributed by atoms with Crippen molar-refractivity contribution in [1.82, 2.24) is 15.5 Å². The average Bonchev–Trinajstić information content (AvgIpc) is 3.31. The molecule has 0 aromatic carbocycles. The molecule has 36 heavy (non-hydrogen) atoms. The zero-order chi connectivity index (χ0) is 27.3. The zero-order valence-electron chi connectivity index (χ0n) is 20.4. The number of hydrogen-bond donors (Lipinski definition) is 7. The van der Waals surface area contributed by atoms with Gasteiger partial charge >= 0.3 is 11.9 Å². The number of aliphatic carboxylic acids is 2. The molecule has 204 valence electrons. The van der Waals surface area contributed by atoms with Crippen LogP contribution in [0.5, 0.6) is 0 Å². The molecule has 1 fully saturated rings. The van der Waals surface area contributed by atoms with Gasteiger partial charge in [-0.1, -0.05) is 0 Å². The Balaban J connectivity index is 2.92. The summed E-state index contributed by atoms with van der Waals surface area (Å²) in [4.78, 5) is 66.4. The molecule has 0 aromatic heterocycles. The monoisotopic (exact) mass is 531 g/mol. The van der Waals surface area contributed by atoms with Crippen LogP contribution in [0.15, 0.2) is 4.99 Å². The molecule has 0 aromatic rings. The van der Waals surface area contributed by atoms with Gasteiger partial charge in [0, 0.05) is 19.5 Å². The Morgan fingerprint density at radius 3 is 2.31 bits per heavy atom. The van der Waals surface area contributed by atoms with E-state index in [4.69, 9.17) is 22.3 Å². The number of carboxylic acid groups (broad SMARTS) is 2. The number of amides is 3. The van der Waals surface area contributed by atoms with Gasteiger partial charge in [0.25, 0.3) is 0 Å². The van der Waals surface area contributed by atoms with Crippen molar-refractivity contribution in [2.45, 2.75) is 69.1 Å². The summed E-state index contributed by atoms with van der Waals surface area (Å²) < 4.78 is 0. The molecule has 1 heterocycles. The van der Waals surface area contributed by atoms with Crippen LogP contribution in [0.1, 0.15) is 44.9 Å². The molecular formula is C21H37N7O7S. The van der Waals surface area contributed by atoms with Crippen LogP contribution in [0.3, 0.4) is 0 Å². The van der Waals surface area contributed by atoms with E-state index in [0.717, 1.165) is 0 Å². The highest BCUT2D eigenvalue weighted by Gasteiger charge is 2.38. The minimum Gasteiger partial charge on any atom is -0.481 e. The molecule has 0 spiro atoms. The van der Waals surface area contributed by atoms with Gasteiger partial charge < -0.3 is 42.9 Å². The molecule has 0 aliphatic carbocycles. The fraction of sp³-hybridized carbons (Fsp3) is 0.714. The standard InChI is InChI=1S/C21H37N7O7S/c1-36-11-8-14(19(33)28-10-3-5-15(28)20(34)35)27-18(32)13(6-7-16(29)30)26-17(31)12(22)4-2-9-25-21(23)24/h12-15H,2-11,22H2,1H3,(H,26,31)(H,27,32)(H,29,30)(H,34,35)(H4,23,24,25). The number of guanidine groups is 1. The second-order valence-electron chi connectivity index (χ2n) is 8.42. The predicted octanol–water partition coefficient (Wildman–Crippen LogP) is -1.97. The highest BCUT2D eigenvalue weighted by molar-refractivity contribution is 7.98. The molecule has 0 saturated carbocycles. The maximum absolute atomic E-state index is 13.1. The average molecular weight is 532 g/mol. The van der Waals surface area contributed by atoms with Crippen LogP contribution in [-0.2, 0) is 24.0 Å². The third kappa shape index (κ3) is 10.7. The van der Waals surface area contributed by atoms with Crippen molar-refractivity contribution >= 4 is 47.4 Å². The van der Waals surface area contributed by atoms with Crippen LogP contribution in [0.2, 0.25) is 0 Å². The third-order valence-electron chi connectivity index (χ3n) is 5.63. The molecule has 14 nitrogen and oxygen atoms in total. The second-order valence-corrected chi connectivity index (χ2v) is 9.41. The maximum atomic E-state index is 13.1. The van der Waals surface area contributed by atoms with Crippen molar-refractivity contribution in [1.29, 1.82) is 0 Å². The number of likely N-dealkylation sites (tertiary alicyclic amines) is 1. The van der Waals surface area contributed by atoms with Crippen molar-refractivity contribution in [3.8, 4) is 0 Å². The van der Waals surface area contributed by atoms with Gasteiger partial charge in [0.1, 0.15) is 18.1 Å². The van der Waals surface area contributed by atoms with Gasteiger partial charge in [-0.15, -0.1) is 0 Å². The van der Waals surface area contributed by atoms with Crippen molar-refractivity contribution in [2.75, 3.05) is 25.1 Å². The molecule has 15 heteroatoms. The number of rotatable bonds is 16. The summed E-state index contributed by atoms with van der Waals surface area (Å²) >= 11 is 1.45. The molecule has 4 unspecified atom stereocenters. The first kappa shape index (κ1) is 31.0. The van der Waals surface area contributed by atoms with E-state index < -0.39 is 60.2 Å². The van der Waals surface area contributed by atoms with Gasteiger partial charge in [-0.25, -0.2) is 4.79 Å². The molecule has 0 bridgehead atoms. The molecule has 1 rings (SSSR count). The van der Waals surface area contributed by atoms with Crippen molar-refractivity contribution in [3.63, 3.8) is 0 Å². The number of carbonyl (C=O) groups is 5. The fourth-order valence-electron chi connectivity index (χ4n) is 3.72. The molecule has 1 aliphatic rings. The van der Waals surface area contributed by atoms with Gasteiger partial charge in [-0.2, -0.15) is 11.8 Å². The lowest BCUT2D eigenvalue weighted by Gasteiger charge is -2.29. The van der Waals surface area contributed by atoms with Crippen LogP contribution in [0.25, 0.3) is 0 Å². The summed E-state index contributed by atoms with van der Waals surface area (Å²) in [7, 11) is 0. The van der Waals surface area contributed by atoms with E-state index in [2.05, 4.69) is 15.6 Å². The molecule has 10 N–H and O–H groups in total. The van der Waals surface area contributed by atoms with Crippen molar-refractivity contribution in [2.24, 2.45) is 22.2 Å². The predicted molar refractivity (Wildman–Crippen MR) is 134 cm³/mol. The Morgan fingerprint density at radius 1 is 1.06 bits per heavy atom. The van der Waals surface area contributed by atoms with Crippen LogP contribution in [-0.4, -0.2) is 100.0 Å². The summed E-state index contributed by atoms with van der Waals surface area (Å²) in [5, 5.41) is 23.5. The SMILES string of the molecule is CSCCC(NC(=O)C(CCC(=O)O)NC(=O)C(N)CCCN=C(N)N)C(=O)N1CCCC1C(=O)O. The van der Waals surface area contributed by atoms with E-state index >= 15 is 0 Å². The Bertz CT molecular complexity index is 822. The molecule has 1 saturated heterocycles. The largest absolute Gasteiger partial charge is 0.481 e. The zero-order valence-corrected chi connectivity index (χ0v) is 21.2. The third-order valence-corrected chi connectivity index (χ3v) is 6.27.